The van der Waals surface area contributed by atoms with Crippen LogP contribution in [0.15, 0.2) is 59.0 Å². The van der Waals surface area contributed by atoms with Gasteiger partial charge in [-0.05, 0) is 23.8 Å². The smallest absolute Gasteiger partial charge is 0.402 e. The summed E-state index contributed by atoms with van der Waals surface area (Å²) in [5.74, 6) is -9.56. The molecule has 0 bridgehead atoms. The molecule has 3 aliphatic rings. The molecule has 3 aromatic carbocycles. The van der Waals surface area contributed by atoms with Crippen LogP contribution in [0.1, 0.15) is 12.0 Å². The number of aliphatic carboxylic acids is 1. The summed E-state index contributed by atoms with van der Waals surface area (Å²) in [6.07, 6.45) is -25.7. The van der Waals surface area contributed by atoms with E-state index in [4.69, 9.17) is 47.4 Å². The van der Waals surface area contributed by atoms with Crippen LogP contribution in [-0.2, 0) is 42.8 Å². The van der Waals surface area contributed by atoms with Crippen molar-refractivity contribution in [2.24, 2.45) is 0 Å². The fourth-order valence-electron chi connectivity index (χ4n) is 7.40. The Morgan fingerprint density at radius 1 is 0.648 bits per heavy atom. The zero-order valence-electron chi connectivity index (χ0n) is 36.3. The number of aliphatic hydroxyl groups is 8. The van der Waals surface area contributed by atoms with Gasteiger partial charge < -0.3 is 114 Å². The third-order valence-electron chi connectivity index (χ3n) is 11.2. The molecular formula is C44H47O27+. The van der Waals surface area contributed by atoms with Crippen molar-refractivity contribution in [3.8, 4) is 57.3 Å². The molecule has 3 fully saturated rings. The van der Waals surface area contributed by atoms with Gasteiger partial charge >= 0.3 is 29.3 Å². The highest BCUT2D eigenvalue weighted by atomic mass is 16.8. The Morgan fingerprint density at radius 2 is 1.28 bits per heavy atom. The average Bonchev–Trinajstić information content (AvgIpc) is 3.32. The SMILES string of the molecule is O=C(O)CC(=O)OC[C@H]1O[C@@H](Oc2cc(O)cc3[o+]c(-c4cc(O)c(O)c(O)c4)c(O[C@@H]4O[C@H](COC(=O)C=Cc5ccc(O)c(O)c5)[C@@H](O)[C@H](O)[C@H]4O[C@@H]4OC[C@@H](O)[C@H](O)[C@H]4O)cc23)[C@H](O)[C@@H](O)[C@@H]1O. The van der Waals surface area contributed by atoms with Crippen molar-refractivity contribution in [1.82, 2.24) is 0 Å². The summed E-state index contributed by atoms with van der Waals surface area (Å²) >= 11 is 0. The van der Waals surface area contributed by atoms with Crippen LogP contribution in [0.2, 0.25) is 0 Å². The lowest BCUT2D eigenvalue weighted by Gasteiger charge is -2.44. The summed E-state index contributed by atoms with van der Waals surface area (Å²) in [5.41, 5.74) is -0.338. The number of hydrogen-bond donors (Lipinski definition) is 15. The van der Waals surface area contributed by atoms with Gasteiger partial charge in [0.15, 0.2) is 41.1 Å². The van der Waals surface area contributed by atoms with E-state index in [1.807, 2.05) is 0 Å². The first-order chi connectivity index (χ1) is 33.6. The Morgan fingerprint density at radius 3 is 1.96 bits per heavy atom. The van der Waals surface area contributed by atoms with Gasteiger partial charge in [-0.2, -0.15) is 0 Å². The molecule has 4 aromatic rings. The Hall–Kier alpha value is -6.86. The van der Waals surface area contributed by atoms with Crippen LogP contribution in [0.3, 0.4) is 0 Å². The molecule has 27 nitrogen and oxygen atoms in total. The van der Waals surface area contributed by atoms with Crippen LogP contribution < -0.4 is 9.47 Å². The number of phenols is 6. The van der Waals surface area contributed by atoms with E-state index >= 15 is 0 Å². The maximum Gasteiger partial charge on any atom is 0.402 e. The van der Waals surface area contributed by atoms with Gasteiger partial charge in [0, 0.05) is 30.3 Å². The Bertz CT molecular complexity index is 2600. The molecule has 1 aromatic heterocycles. The van der Waals surface area contributed by atoms with Crippen molar-refractivity contribution in [2.75, 3.05) is 19.8 Å². The highest BCUT2D eigenvalue weighted by Crippen LogP contribution is 2.46. The van der Waals surface area contributed by atoms with E-state index in [2.05, 4.69) is 0 Å². The van der Waals surface area contributed by atoms with Crippen molar-refractivity contribution < 1.29 is 133 Å². The highest BCUT2D eigenvalue weighted by Gasteiger charge is 2.51. The first-order valence-corrected chi connectivity index (χ1v) is 21.1. The molecule has 0 unspecified atom stereocenters. The van der Waals surface area contributed by atoms with Crippen molar-refractivity contribution in [3.05, 3.63) is 60.2 Å². The van der Waals surface area contributed by atoms with Gasteiger partial charge in [-0.3, -0.25) is 9.59 Å². The van der Waals surface area contributed by atoms with E-state index in [-0.39, 0.29) is 22.1 Å². The van der Waals surface area contributed by atoms with E-state index in [0.717, 1.165) is 48.5 Å². The van der Waals surface area contributed by atoms with Gasteiger partial charge in [0.1, 0.15) is 97.6 Å². The number of fused-ring (bicyclic) bond motifs is 1. The summed E-state index contributed by atoms with van der Waals surface area (Å²) in [6.45, 7) is -2.26. The molecule has 7 rings (SSSR count). The van der Waals surface area contributed by atoms with Gasteiger partial charge in [0.2, 0.25) is 18.3 Å². The molecule has 0 saturated carbocycles. The summed E-state index contributed by atoms with van der Waals surface area (Å²) in [7, 11) is 0. The Labute approximate surface area is 397 Å². The van der Waals surface area contributed by atoms with Crippen LogP contribution in [0, 0.1) is 0 Å². The fourth-order valence-corrected chi connectivity index (χ4v) is 7.40. The largest absolute Gasteiger partial charge is 0.507 e. The second-order valence-corrected chi connectivity index (χ2v) is 16.2. The molecule has 384 valence electrons. The summed E-state index contributed by atoms with van der Waals surface area (Å²) in [4.78, 5) is 35.7. The van der Waals surface area contributed by atoms with E-state index in [1.54, 1.807) is 0 Å². The first kappa shape index (κ1) is 52.0. The Balaban J connectivity index is 1.26. The number of rotatable bonds is 15. The number of carbonyl (C=O) groups is 3. The molecule has 3 aliphatic heterocycles. The number of ether oxygens (including phenoxy) is 8. The molecule has 0 spiro atoms. The van der Waals surface area contributed by atoms with Crippen LogP contribution in [0.25, 0.3) is 28.4 Å². The third-order valence-corrected chi connectivity index (χ3v) is 11.2. The van der Waals surface area contributed by atoms with E-state index in [9.17, 15) is 85.9 Å². The number of aliphatic hydroxyl groups excluding tert-OH is 8. The third kappa shape index (κ3) is 11.7. The summed E-state index contributed by atoms with van der Waals surface area (Å²) < 4.78 is 51.1. The molecule has 0 aliphatic carbocycles. The monoisotopic (exact) mass is 1010 g/mol. The topological polar surface area (TPSA) is 440 Å². The van der Waals surface area contributed by atoms with Crippen molar-refractivity contribution in [1.29, 1.82) is 0 Å². The van der Waals surface area contributed by atoms with Crippen LogP contribution in [0.4, 0.5) is 0 Å². The molecule has 71 heavy (non-hydrogen) atoms. The number of benzene rings is 3. The molecule has 0 radical (unpaired) electrons. The minimum Gasteiger partial charge on any atom is -0.507 e. The maximum absolute atomic E-state index is 12.8. The quantitative estimate of drug-likeness (QED) is 0.0196. The van der Waals surface area contributed by atoms with Crippen LogP contribution in [-0.4, -0.2) is 200 Å². The predicted octanol–water partition coefficient (Wildman–Crippen LogP) is -2.27. The average molecular weight is 1010 g/mol. The van der Waals surface area contributed by atoms with E-state index < -0.39 is 182 Å². The molecule has 4 heterocycles. The number of phenolic OH excluding ortho intramolecular Hbond substituents is 6. The van der Waals surface area contributed by atoms with Crippen LogP contribution >= 0.6 is 0 Å². The number of aromatic hydroxyl groups is 6. The minimum atomic E-state index is -2.12. The minimum absolute atomic E-state index is 0.217. The van der Waals surface area contributed by atoms with Gasteiger partial charge in [-0.1, -0.05) is 6.07 Å². The van der Waals surface area contributed by atoms with Gasteiger partial charge in [0.05, 0.1) is 18.2 Å². The van der Waals surface area contributed by atoms with Gasteiger partial charge in [-0.25, -0.2) is 9.21 Å². The second kappa shape index (κ2) is 21.6. The highest BCUT2D eigenvalue weighted by molar-refractivity contribution is 5.90. The number of carboxylic acid groups (broad SMARTS) is 1. The Kier molecular flexibility index (Phi) is 15.8. The van der Waals surface area contributed by atoms with Crippen molar-refractivity contribution in [3.63, 3.8) is 0 Å². The first-order valence-electron chi connectivity index (χ1n) is 21.1. The van der Waals surface area contributed by atoms with E-state index in [1.165, 1.54) is 12.1 Å². The van der Waals surface area contributed by atoms with Crippen LogP contribution in [0.5, 0.6) is 46.0 Å². The normalized spacial score (nSPS) is 29.9. The van der Waals surface area contributed by atoms with Crippen molar-refractivity contribution in [2.45, 2.75) is 92.4 Å². The van der Waals surface area contributed by atoms with Gasteiger partial charge in [-0.15, -0.1) is 0 Å². The zero-order valence-corrected chi connectivity index (χ0v) is 36.3. The lowest BCUT2D eigenvalue weighted by molar-refractivity contribution is -0.345. The number of hydrogen-bond acceptors (Lipinski definition) is 25. The van der Waals surface area contributed by atoms with E-state index in [0.29, 0.717) is 0 Å². The number of carbonyl (C=O) groups excluding carboxylic acids is 2. The number of carboxylic acids is 1. The fraction of sp³-hybridized carbons (Fsp3) is 0.409. The number of esters is 2. The van der Waals surface area contributed by atoms with Crippen molar-refractivity contribution >= 4 is 35.0 Å². The molecular weight excluding hydrogens is 960 g/mol. The zero-order chi connectivity index (χ0) is 51.6. The molecule has 3 saturated heterocycles. The molecule has 0 amide bonds. The standard InChI is InChI=1S/C44H46O27/c45-17-8-24-18(25(9-17)67-43-39(62)36(59)34(57)27(69-43)14-64-31(54)11-29(51)52)10-26(40(66-24)16-6-21(48)32(55)22(49)7-16)68-44-41(71-42-38(61)33(56)23(50)12-65-42)37(60)35(58)28(70-44)13-63-30(53)4-2-15-1-3-19(46)20(47)5-15/h1-10,23,27-28,33-39,41-44,50,56-62H,11-14H2,(H6-,45,46,47,48,49,51,52,53,55)/p+1/t23-,27-,28-,33+,34-,35-,36+,37+,38-,39-,41-,42+,43-,44-/m1/s1. The molecule has 15 N–H and O–H groups in total. The summed E-state index contributed by atoms with van der Waals surface area (Å²) in [5, 5.41) is 156. The molecule has 27 heteroatoms. The second-order valence-electron chi connectivity index (χ2n) is 16.2. The predicted molar refractivity (Wildman–Crippen MR) is 227 cm³/mol. The lowest BCUT2D eigenvalue weighted by Crippen LogP contribution is -2.64. The molecule has 14 atom stereocenters. The lowest BCUT2D eigenvalue weighted by atomic mass is 9.98. The van der Waals surface area contributed by atoms with Gasteiger partial charge in [0.25, 0.3) is 0 Å². The summed E-state index contributed by atoms with van der Waals surface area (Å²) in [6, 6.07) is 8.48. The maximum atomic E-state index is 12.8.